The zero-order valence-electron chi connectivity index (χ0n) is 14.8. The number of rotatable bonds is 4. The van der Waals surface area contributed by atoms with Crippen molar-refractivity contribution in [3.8, 4) is 0 Å². The molecule has 1 saturated heterocycles. The average Bonchev–Trinajstić information content (AvgIpc) is 2.61. The number of nitrogens with one attached hydrogen (secondary N) is 1. The van der Waals surface area contributed by atoms with Crippen LogP contribution in [0.4, 0.5) is 5.69 Å². The SMILES string of the molecule is Cc1ccccc1S(=O)(=O)Nc1cccc(C(=O)N2CCOC[C@@H]2C)c1. The summed E-state index contributed by atoms with van der Waals surface area (Å²) in [6.45, 7) is 5.22. The van der Waals surface area contributed by atoms with Crippen LogP contribution in [0.25, 0.3) is 0 Å². The van der Waals surface area contributed by atoms with Crippen molar-refractivity contribution in [2.75, 3.05) is 24.5 Å². The van der Waals surface area contributed by atoms with Gasteiger partial charge in [0.1, 0.15) is 0 Å². The van der Waals surface area contributed by atoms with E-state index >= 15 is 0 Å². The summed E-state index contributed by atoms with van der Waals surface area (Å²) in [5.74, 6) is -0.127. The number of amides is 1. The lowest BCUT2D eigenvalue weighted by molar-refractivity contribution is 0.00360. The fourth-order valence-electron chi connectivity index (χ4n) is 2.98. The molecule has 26 heavy (non-hydrogen) atoms. The van der Waals surface area contributed by atoms with E-state index in [2.05, 4.69) is 4.72 Å². The molecule has 2 aromatic carbocycles. The van der Waals surface area contributed by atoms with Crippen molar-refractivity contribution in [1.82, 2.24) is 4.90 Å². The highest BCUT2D eigenvalue weighted by atomic mass is 32.2. The molecule has 6 nitrogen and oxygen atoms in total. The first-order valence-electron chi connectivity index (χ1n) is 8.46. The maximum Gasteiger partial charge on any atom is 0.262 e. The predicted molar refractivity (Wildman–Crippen MR) is 99.7 cm³/mol. The number of carbonyl (C=O) groups is 1. The summed E-state index contributed by atoms with van der Waals surface area (Å²) in [6.07, 6.45) is 0. The van der Waals surface area contributed by atoms with E-state index in [-0.39, 0.29) is 16.8 Å². The molecule has 1 aliphatic heterocycles. The highest BCUT2D eigenvalue weighted by Crippen LogP contribution is 2.21. The Hall–Kier alpha value is -2.38. The summed E-state index contributed by atoms with van der Waals surface area (Å²) in [5, 5.41) is 0. The number of ether oxygens (including phenoxy) is 1. The molecule has 1 amide bonds. The van der Waals surface area contributed by atoms with Crippen molar-refractivity contribution >= 4 is 21.6 Å². The number of hydrogen-bond acceptors (Lipinski definition) is 4. The monoisotopic (exact) mass is 374 g/mol. The summed E-state index contributed by atoms with van der Waals surface area (Å²) >= 11 is 0. The Morgan fingerprint density at radius 2 is 1.96 bits per heavy atom. The Labute approximate surface area is 153 Å². The third kappa shape index (κ3) is 3.89. The van der Waals surface area contributed by atoms with E-state index in [1.807, 2.05) is 6.92 Å². The minimum absolute atomic E-state index is 0.0106. The highest BCUT2D eigenvalue weighted by molar-refractivity contribution is 7.92. The van der Waals surface area contributed by atoms with Crippen LogP contribution in [0.15, 0.2) is 53.4 Å². The van der Waals surface area contributed by atoms with Crippen LogP contribution in [0.5, 0.6) is 0 Å². The molecule has 3 rings (SSSR count). The van der Waals surface area contributed by atoms with Gasteiger partial charge in [0.25, 0.3) is 15.9 Å². The number of sulfonamides is 1. The molecule has 0 saturated carbocycles. The molecule has 1 fully saturated rings. The second-order valence-corrected chi connectivity index (χ2v) is 8.03. The Balaban J connectivity index is 1.83. The standard InChI is InChI=1S/C19H22N2O4S/c1-14-6-3-4-9-18(14)26(23,24)20-17-8-5-7-16(12-17)19(22)21-10-11-25-13-15(21)2/h3-9,12,15,20H,10-11,13H2,1-2H3/t15-/m0/s1. The molecule has 1 heterocycles. The largest absolute Gasteiger partial charge is 0.377 e. The molecule has 2 aromatic rings. The van der Waals surface area contributed by atoms with Gasteiger partial charge in [0.05, 0.1) is 24.2 Å². The van der Waals surface area contributed by atoms with Crippen LogP contribution in [0.1, 0.15) is 22.8 Å². The van der Waals surface area contributed by atoms with E-state index in [1.54, 1.807) is 60.4 Å². The lowest BCUT2D eigenvalue weighted by Crippen LogP contribution is -2.47. The van der Waals surface area contributed by atoms with E-state index < -0.39 is 10.0 Å². The minimum Gasteiger partial charge on any atom is -0.377 e. The molecule has 0 spiro atoms. The summed E-state index contributed by atoms with van der Waals surface area (Å²) in [7, 11) is -3.72. The maximum absolute atomic E-state index is 12.7. The van der Waals surface area contributed by atoms with Gasteiger partial charge in [-0.25, -0.2) is 8.42 Å². The first-order valence-corrected chi connectivity index (χ1v) is 9.94. The molecule has 1 atom stereocenters. The first-order chi connectivity index (χ1) is 12.4. The molecular formula is C19H22N2O4S. The van der Waals surface area contributed by atoms with Gasteiger partial charge < -0.3 is 9.64 Å². The smallest absolute Gasteiger partial charge is 0.262 e. The summed E-state index contributed by atoms with van der Waals surface area (Å²) < 4.78 is 33.2. The van der Waals surface area contributed by atoms with Crippen LogP contribution < -0.4 is 4.72 Å². The van der Waals surface area contributed by atoms with E-state index in [4.69, 9.17) is 4.74 Å². The van der Waals surface area contributed by atoms with Crippen molar-refractivity contribution < 1.29 is 17.9 Å². The molecule has 0 aliphatic carbocycles. The minimum atomic E-state index is -3.72. The summed E-state index contributed by atoms with van der Waals surface area (Å²) in [4.78, 5) is 14.7. The van der Waals surface area contributed by atoms with Gasteiger partial charge in [-0.05, 0) is 43.7 Å². The van der Waals surface area contributed by atoms with Crippen LogP contribution in [-0.2, 0) is 14.8 Å². The number of carbonyl (C=O) groups excluding carboxylic acids is 1. The van der Waals surface area contributed by atoms with Crippen molar-refractivity contribution in [2.24, 2.45) is 0 Å². The number of morpholine rings is 1. The predicted octanol–water partition coefficient (Wildman–Crippen LogP) is 2.66. The van der Waals surface area contributed by atoms with Gasteiger partial charge in [0.2, 0.25) is 0 Å². The topological polar surface area (TPSA) is 75.7 Å². The molecule has 0 unspecified atom stereocenters. The van der Waals surface area contributed by atoms with Crippen molar-refractivity contribution in [3.05, 3.63) is 59.7 Å². The third-order valence-electron chi connectivity index (χ3n) is 4.37. The summed E-state index contributed by atoms with van der Waals surface area (Å²) in [6, 6.07) is 13.3. The van der Waals surface area contributed by atoms with Crippen LogP contribution >= 0.6 is 0 Å². The van der Waals surface area contributed by atoms with E-state index in [0.29, 0.717) is 36.6 Å². The summed E-state index contributed by atoms with van der Waals surface area (Å²) in [5.41, 5.74) is 1.47. The number of anilines is 1. The molecule has 1 N–H and O–H groups in total. The molecule has 7 heteroatoms. The van der Waals surface area contributed by atoms with Crippen LogP contribution in [-0.4, -0.2) is 45.0 Å². The van der Waals surface area contributed by atoms with Crippen LogP contribution in [0, 0.1) is 6.92 Å². The lowest BCUT2D eigenvalue weighted by Gasteiger charge is -2.33. The second-order valence-electron chi connectivity index (χ2n) is 6.37. The first kappa shape index (κ1) is 18.4. The fourth-order valence-corrected chi connectivity index (χ4v) is 4.28. The Morgan fingerprint density at radius 1 is 1.19 bits per heavy atom. The van der Waals surface area contributed by atoms with E-state index in [0.717, 1.165) is 0 Å². The van der Waals surface area contributed by atoms with Crippen molar-refractivity contribution in [1.29, 1.82) is 0 Å². The Morgan fingerprint density at radius 3 is 2.69 bits per heavy atom. The number of benzene rings is 2. The zero-order valence-corrected chi connectivity index (χ0v) is 15.6. The molecule has 0 aromatic heterocycles. The molecular weight excluding hydrogens is 352 g/mol. The van der Waals surface area contributed by atoms with Crippen LogP contribution in [0.3, 0.4) is 0 Å². The van der Waals surface area contributed by atoms with E-state index in [1.165, 1.54) is 0 Å². The number of nitrogens with zero attached hydrogens (tertiary/aromatic N) is 1. The molecule has 0 radical (unpaired) electrons. The lowest BCUT2D eigenvalue weighted by atomic mass is 10.1. The third-order valence-corrected chi connectivity index (χ3v) is 5.91. The number of hydrogen-bond donors (Lipinski definition) is 1. The van der Waals surface area contributed by atoms with Gasteiger partial charge in [0.15, 0.2) is 0 Å². The van der Waals surface area contributed by atoms with Crippen molar-refractivity contribution in [3.63, 3.8) is 0 Å². The maximum atomic E-state index is 12.7. The van der Waals surface area contributed by atoms with Gasteiger partial charge in [-0.15, -0.1) is 0 Å². The van der Waals surface area contributed by atoms with Gasteiger partial charge >= 0.3 is 0 Å². The zero-order chi connectivity index (χ0) is 18.7. The Kier molecular flexibility index (Phi) is 5.29. The molecule has 138 valence electrons. The van der Waals surface area contributed by atoms with Gasteiger partial charge in [-0.2, -0.15) is 0 Å². The second kappa shape index (κ2) is 7.47. The van der Waals surface area contributed by atoms with Crippen molar-refractivity contribution in [2.45, 2.75) is 24.8 Å². The highest BCUT2D eigenvalue weighted by Gasteiger charge is 2.25. The Bertz CT molecular complexity index is 911. The quantitative estimate of drug-likeness (QED) is 0.893. The average molecular weight is 374 g/mol. The molecule has 0 bridgehead atoms. The van der Waals surface area contributed by atoms with Gasteiger partial charge in [0, 0.05) is 17.8 Å². The number of aryl methyl sites for hydroxylation is 1. The van der Waals surface area contributed by atoms with Crippen LogP contribution in [0.2, 0.25) is 0 Å². The van der Waals surface area contributed by atoms with Gasteiger partial charge in [-0.3, -0.25) is 9.52 Å². The molecule has 1 aliphatic rings. The normalized spacial score (nSPS) is 17.8. The van der Waals surface area contributed by atoms with Gasteiger partial charge in [-0.1, -0.05) is 24.3 Å². The fraction of sp³-hybridized carbons (Fsp3) is 0.316. The van der Waals surface area contributed by atoms with E-state index in [9.17, 15) is 13.2 Å².